The Morgan fingerprint density at radius 1 is 1.41 bits per heavy atom. The van der Waals surface area contributed by atoms with Gasteiger partial charge in [0.25, 0.3) is 0 Å². The molecule has 2 unspecified atom stereocenters. The minimum Gasteiger partial charge on any atom is -0.469 e. The van der Waals surface area contributed by atoms with Gasteiger partial charge >= 0.3 is 5.97 Å². The monoisotopic (exact) mass is 327 g/mol. The number of carbonyl (C=O) groups excluding carboxylic acids is 2. The summed E-state index contributed by atoms with van der Waals surface area (Å²) >= 11 is 5.97. The summed E-state index contributed by atoms with van der Waals surface area (Å²) in [6, 6.07) is 4.06. The number of halogens is 2. The molecule has 2 atom stereocenters. The number of benzene rings is 1. The van der Waals surface area contributed by atoms with Gasteiger partial charge in [0.15, 0.2) is 0 Å². The molecular weight excluding hydrogens is 309 g/mol. The zero-order valence-electron chi connectivity index (χ0n) is 12.6. The molecule has 0 bridgehead atoms. The lowest BCUT2D eigenvalue weighted by atomic mass is 9.93. The smallest absolute Gasteiger partial charge is 0.310 e. The van der Waals surface area contributed by atoms with Crippen LogP contribution in [0.4, 0.5) is 4.39 Å². The topological polar surface area (TPSA) is 46.6 Å². The van der Waals surface area contributed by atoms with Crippen molar-refractivity contribution >= 4 is 23.5 Å². The minimum atomic E-state index is -0.432. The second kappa shape index (κ2) is 7.09. The highest BCUT2D eigenvalue weighted by atomic mass is 35.5. The van der Waals surface area contributed by atoms with Gasteiger partial charge in [0.1, 0.15) is 5.82 Å². The van der Waals surface area contributed by atoms with Crippen molar-refractivity contribution in [2.24, 2.45) is 5.92 Å². The Morgan fingerprint density at radius 3 is 2.77 bits per heavy atom. The van der Waals surface area contributed by atoms with Gasteiger partial charge in [0, 0.05) is 17.6 Å². The van der Waals surface area contributed by atoms with Crippen LogP contribution in [0.15, 0.2) is 18.2 Å². The minimum absolute atomic E-state index is 0.0626. The molecule has 2 rings (SSSR count). The fraction of sp³-hybridized carbons (Fsp3) is 0.500. The molecule has 1 aliphatic rings. The van der Waals surface area contributed by atoms with E-state index in [9.17, 15) is 14.0 Å². The zero-order valence-corrected chi connectivity index (χ0v) is 13.4. The Balaban J connectivity index is 2.08. The summed E-state index contributed by atoms with van der Waals surface area (Å²) in [5.41, 5.74) is 0.584. The molecule has 0 spiro atoms. The van der Waals surface area contributed by atoms with Crippen LogP contribution < -0.4 is 0 Å². The molecule has 6 heteroatoms. The second-order valence-electron chi connectivity index (χ2n) is 5.61. The zero-order chi connectivity index (χ0) is 16.3. The van der Waals surface area contributed by atoms with Gasteiger partial charge in [-0.25, -0.2) is 4.39 Å². The molecule has 0 N–H and O–H groups in total. The van der Waals surface area contributed by atoms with Crippen molar-refractivity contribution in [3.63, 3.8) is 0 Å². The third-order valence-electron chi connectivity index (χ3n) is 4.09. The maximum atomic E-state index is 13.0. The first-order chi connectivity index (χ1) is 10.4. The van der Waals surface area contributed by atoms with Crippen molar-refractivity contribution in [1.82, 2.24) is 4.90 Å². The Morgan fingerprint density at radius 2 is 2.14 bits per heavy atom. The largest absolute Gasteiger partial charge is 0.469 e. The van der Waals surface area contributed by atoms with Gasteiger partial charge in [0.05, 0.1) is 19.4 Å². The van der Waals surface area contributed by atoms with E-state index in [-0.39, 0.29) is 35.3 Å². The average molecular weight is 328 g/mol. The first-order valence-electron chi connectivity index (χ1n) is 7.23. The third-order valence-corrected chi connectivity index (χ3v) is 4.45. The lowest BCUT2D eigenvalue weighted by Gasteiger charge is -2.37. The Kier molecular flexibility index (Phi) is 5.40. The van der Waals surface area contributed by atoms with Crippen LogP contribution >= 0.6 is 11.6 Å². The Labute approximate surface area is 134 Å². The molecule has 0 saturated carbocycles. The molecule has 1 saturated heterocycles. The molecule has 120 valence electrons. The van der Waals surface area contributed by atoms with Crippen LogP contribution in [0, 0.1) is 11.7 Å². The predicted octanol–water partition coefficient (Wildman–Crippen LogP) is 2.82. The molecule has 0 aromatic heterocycles. The van der Waals surface area contributed by atoms with E-state index in [0.29, 0.717) is 12.1 Å². The van der Waals surface area contributed by atoms with Crippen LogP contribution in [0.25, 0.3) is 0 Å². The molecule has 0 radical (unpaired) electrons. The quantitative estimate of drug-likeness (QED) is 0.802. The van der Waals surface area contributed by atoms with Crippen LogP contribution in [0.3, 0.4) is 0 Å². The number of amides is 1. The number of piperidine rings is 1. The number of esters is 1. The van der Waals surface area contributed by atoms with E-state index in [1.165, 1.54) is 25.3 Å². The number of hydrogen-bond acceptors (Lipinski definition) is 3. The van der Waals surface area contributed by atoms with E-state index in [1.54, 1.807) is 4.90 Å². The fourth-order valence-corrected chi connectivity index (χ4v) is 2.98. The van der Waals surface area contributed by atoms with Crippen molar-refractivity contribution in [3.8, 4) is 0 Å². The summed E-state index contributed by atoms with van der Waals surface area (Å²) in [5.74, 6) is -1.12. The molecule has 22 heavy (non-hydrogen) atoms. The summed E-state index contributed by atoms with van der Waals surface area (Å²) < 4.78 is 17.8. The van der Waals surface area contributed by atoms with Crippen LogP contribution in [-0.4, -0.2) is 36.5 Å². The summed E-state index contributed by atoms with van der Waals surface area (Å²) in [6.45, 7) is 2.31. The Bertz CT molecular complexity index is 579. The summed E-state index contributed by atoms with van der Waals surface area (Å²) in [6.07, 6.45) is 1.56. The van der Waals surface area contributed by atoms with Crippen molar-refractivity contribution in [3.05, 3.63) is 34.6 Å². The highest BCUT2D eigenvalue weighted by Gasteiger charge is 2.33. The number of likely N-dealkylation sites (tertiary alicyclic amines) is 1. The third kappa shape index (κ3) is 3.77. The second-order valence-corrected chi connectivity index (χ2v) is 6.01. The van der Waals surface area contributed by atoms with Gasteiger partial charge in [-0.15, -0.1) is 0 Å². The van der Waals surface area contributed by atoms with Gasteiger partial charge in [-0.2, -0.15) is 0 Å². The van der Waals surface area contributed by atoms with E-state index in [2.05, 4.69) is 0 Å². The number of methoxy groups -OCH3 is 1. The number of hydrogen-bond donors (Lipinski definition) is 0. The molecule has 1 fully saturated rings. The van der Waals surface area contributed by atoms with Crippen molar-refractivity contribution in [2.45, 2.75) is 32.2 Å². The fourth-order valence-electron chi connectivity index (χ4n) is 2.74. The van der Waals surface area contributed by atoms with Crippen LogP contribution in [-0.2, 0) is 20.7 Å². The number of carbonyl (C=O) groups is 2. The Hall–Kier alpha value is -1.62. The maximum absolute atomic E-state index is 13.0. The molecule has 1 aromatic rings. The number of rotatable bonds is 3. The van der Waals surface area contributed by atoms with Crippen molar-refractivity contribution < 1.29 is 18.7 Å². The highest BCUT2D eigenvalue weighted by molar-refractivity contribution is 6.31. The molecule has 1 amide bonds. The predicted molar refractivity (Wildman–Crippen MR) is 81.0 cm³/mol. The number of ether oxygens (including phenoxy) is 1. The molecule has 1 aliphatic heterocycles. The van der Waals surface area contributed by atoms with E-state index >= 15 is 0 Å². The van der Waals surface area contributed by atoms with Gasteiger partial charge < -0.3 is 9.64 Å². The molecule has 1 heterocycles. The first-order valence-corrected chi connectivity index (χ1v) is 7.61. The highest BCUT2D eigenvalue weighted by Crippen LogP contribution is 2.25. The van der Waals surface area contributed by atoms with Crippen molar-refractivity contribution in [2.75, 3.05) is 13.7 Å². The molecule has 1 aromatic carbocycles. The summed E-state index contributed by atoms with van der Waals surface area (Å²) in [4.78, 5) is 25.8. The summed E-state index contributed by atoms with van der Waals surface area (Å²) in [5, 5.41) is 0.238. The van der Waals surface area contributed by atoms with Gasteiger partial charge in [-0.05, 0) is 37.5 Å². The maximum Gasteiger partial charge on any atom is 0.310 e. The standard InChI is InChI=1S/C16H19ClFNO3/c1-10-3-4-12(16(21)22-2)9-19(10)15(20)7-11-5-6-13(18)8-14(11)17/h5-6,8,10,12H,3-4,7,9H2,1-2H3. The van der Waals surface area contributed by atoms with Gasteiger partial charge in [-0.3, -0.25) is 9.59 Å². The lowest BCUT2D eigenvalue weighted by Crippen LogP contribution is -2.48. The molecular formula is C16H19ClFNO3. The molecule has 4 nitrogen and oxygen atoms in total. The first kappa shape index (κ1) is 16.7. The van der Waals surface area contributed by atoms with Crippen LogP contribution in [0.1, 0.15) is 25.3 Å². The van der Waals surface area contributed by atoms with E-state index < -0.39 is 5.82 Å². The molecule has 0 aliphatic carbocycles. The van der Waals surface area contributed by atoms with E-state index in [1.807, 2.05) is 6.92 Å². The van der Waals surface area contributed by atoms with Gasteiger partial charge in [-0.1, -0.05) is 17.7 Å². The van der Waals surface area contributed by atoms with Crippen LogP contribution in [0.5, 0.6) is 0 Å². The average Bonchev–Trinajstić information content (AvgIpc) is 2.49. The normalized spacial score (nSPS) is 21.5. The SMILES string of the molecule is COC(=O)C1CCC(C)N(C(=O)Cc2ccc(F)cc2Cl)C1. The van der Waals surface area contributed by atoms with Crippen LogP contribution in [0.2, 0.25) is 5.02 Å². The van der Waals surface area contributed by atoms with E-state index in [0.717, 1.165) is 12.8 Å². The van der Waals surface area contributed by atoms with Gasteiger partial charge in [0.2, 0.25) is 5.91 Å². The van der Waals surface area contributed by atoms with Crippen molar-refractivity contribution in [1.29, 1.82) is 0 Å². The van der Waals surface area contributed by atoms with E-state index in [4.69, 9.17) is 16.3 Å². The summed E-state index contributed by atoms with van der Waals surface area (Å²) in [7, 11) is 1.35. The lowest BCUT2D eigenvalue weighted by molar-refractivity contribution is -0.150. The number of nitrogens with zero attached hydrogens (tertiary/aromatic N) is 1.